The predicted octanol–water partition coefficient (Wildman–Crippen LogP) is 4.08. The maximum Gasteiger partial charge on any atom is 0.224 e. The second-order valence-corrected chi connectivity index (χ2v) is 6.08. The highest BCUT2D eigenvalue weighted by molar-refractivity contribution is 7.13. The van der Waals surface area contributed by atoms with Gasteiger partial charge in [0.1, 0.15) is 5.01 Å². The molecule has 2 heterocycles. The van der Waals surface area contributed by atoms with Crippen LogP contribution in [0, 0.1) is 6.92 Å². The molecule has 0 radical (unpaired) electrons. The van der Waals surface area contributed by atoms with Gasteiger partial charge in [-0.2, -0.15) is 0 Å². The van der Waals surface area contributed by atoms with Crippen molar-refractivity contribution in [1.29, 1.82) is 0 Å². The Morgan fingerprint density at radius 2 is 2.00 bits per heavy atom. The normalized spacial score (nSPS) is 10.5. The van der Waals surface area contributed by atoms with Gasteiger partial charge in [0, 0.05) is 23.7 Å². The Hall–Kier alpha value is -2.53. The number of carbonyl (C=O) groups is 1. The number of para-hydroxylation sites is 1. The molecular weight excluding hydrogens is 306 g/mol. The average Bonchev–Trinajstić information content (AvgIpc) is 3.05. The van der Waals surface area contributed by atoms with Gasteiger partial charge in [-0.25, -0.2) is 4.98 Å². The van der Waals surface area contributed by atoms with Crippen LogP contribution in [-0.2, 0) is 11.2 Å². The summed E-state index contributed by atoms with van der Waals surface area (Å²) in [6, 6.07) is 13.5. The molecule has 1 N–H and O–H groups in total. The SMILES string of the molecule is Cc1ccccc1NC(=O)CCc1csc(-c2ccccn2)n1. The number of carbonyl (C=O) groups excluding carboxylic acids is 1. The molecule has 0 bridgehead atoms. The monoisotopic (exact) mass is 323 g/mol. The maximum absolute atomic E-state index is 12.1. The van der Waals surface area contributed by atoms with E-state index in [1.807, 2.05) is 54.8 Å². The van der Waals surface area contributed by atoms with Crippen LogP contribution >= 0.6 is 11.3 Å². The Kier molecular flexibility index (Phi) is 4.78. The van der Waals surface area contributed by atoms with Crippen LogP contribution in [0.3, 0.4) is 0 Å². The van der Waals surface area contributed by atoms with E-state index in [9.17, 15) is 4.79 Å². The Morgan fingerprint density at radius 1 is 1.17 bits per heavy atom. The van der Waals surface area contributed by atoms with Gasteiger partial charge in [0.25, 0.3) is 0 Å². The first-order valence-electron chi connectivity index (χ1n) is 7.43. The summed E-state index contributed by atoms with van der Waals surface area (Å²) >= 11 is 1.56. The van der Waals surface area contributed by atoms with E-state index in [-0.39, 0.29) is 5.91 Å². The Bertz CT molecular complexity index is 799. The fourth-order valence-corrected chi connectivity index (χ4v) is 3.03. The number of amides is 1. The van der Waals surface area contributed by atoms with Gasteiger partial charge in [0.15, 0.2) is 0 Å². The van der Waals surface area contributed by atoms with Gasteiger partial charge in [-0.1, -0.05) is 24.3 Å². The van der Waals surface area contributed by atoms with Gasteiger partial charge in [-0.3, -0.25) is 9.78 Å². The van der Waals surface area contributed by atoms with E-state index in [1.165, 1.54) is 0 Å². The highest BCUT2D eigenvalue weighted by atomic mass is 32.1. The molecule has 3 rings (SSSR count). The highest BCUT2D eigenvalue weighted by Crippen LogP contribution is 2.22. The third kappa shape index (κ3) is 4.02. The summed E-state index contributed by atoms with van der Waals surface area (Å²) in [6.07, 6.45) is 2.80. The number of nitrogens with one attached hydrogen (secondary N) is 1. The lowest BCUT2D eigenvalue weighted by Gasteiger charge is -2.07. The van der Waals surface area contributed by atoms with Gasteiger partial charge in [-0.05, 0) is 37.1 Å². The van der Waals surface area contributed by atoms with Crippen molar-refractivity contribution in [3.63, 3.8) is 0 Å². The van der Waals surface area contributed by atoms with Gasteiger partial charge in [-0.15, -0.1) is 11.3 Å². The van der Waals surface area contributed by atoms with Crippen molar-refractivity contribution in [3.8, 4) is 10.7 Å². The molecule has 1 aromatic carbocycles. The standard InChI is InChI=1S/C18H17N3OS/c1-13-6-2-3-7-15(13)21-17(22)10-9-14-12-23-18(20-14)16-8-4-5-11-19-16/h2-8,11-12H,9-10H2,1H3,(H,21,22). The number of aryl methyl sites for hydroxylation is 2. The zero-order valence-corrected chi connectivity index (χ0v) is 13.6. The number of thiazole rings is 1. The van der Waals surface area contributed by atoms with Crippen molar-refractivity contribution in [2.45, 2.75) is 19.8 Å². The van der Waals surface area contributed by atoms with Crippen LogP contribution in [0.1, 0.15) is 17.7 Å². The number of hydrogen-bond donors (Lipinski definition) is 1. The summed E-state index contributed by atoms with van der Waals surface area (Å²) in [7, 11) is 0. The molecule has 0 saturated heterocycles. The molecule has 0 unspecified atom stereocenters. The van der Waals surface area contributed by atoms with Crippen molar-refractivity contribution in [2.75, 3.05) is 5.32 Å². The summed E-state index contributed by atoms with van der Waals surface area (Å²) in [6.45, 7) is 1.98. The summed E-state index contributed by atoms with van der Waals surface area (Å²) in [4.78, 5) is 20.9. The number of aromatic nitrogens is 2. The van der Waals surface area contributed by atoms with Crippen LogP contribution in [0.4, 0.5) is 5.69 Å². The van der Waals surface area contributed by atoms with E-state index in [1.54, 1.807) is 17.5 Å². The summed E-state index contributed by atoms with van der Waals surface area (Å²) in [5.74, 6) is 0.00619. The van der Waals surface area contributed by atoms with E-state index in [0.717, 1.165) is 27.6 Å². The van der Waals surface area contributed by atoms with E-state index in [0.29, 0.717) is 12.8 Å². The molecule has 0 saturated carbocycles. The minimum Gasteiger partial charge on any atom is -0.326 e. The number of pyridine rings is 1. The van der Waals surface area contributed by atoms with Crippen molar-refractivity contribution in [1.82, 2.24) is 9.97 Å². The number of rotatable bonds is 5. The van der Waals surface area contributed by atoms with Crippen molar-refractivity contribution < 1.29 is 4.79 Å². The van der Waals surface area contributed by atoms with Crippen LogP contribution in [-0.4, -0.2) is 15.9 Å². The van der Waals surface area contributed by atoms with E-state index >= 15 is 0 Å². The molecule has 0 atom stereocenters. The lowest BCUT2D eigenvalue weighted by Crippen LogP contribution is -2.13. The van der Waals surface area contributed by atoms with E-state index in [4.69, 9.17) is 0 Å². The first-order chi connectivity index (χ1) is 11.2. The van der Waals surface area contributed by atoms with Crippen molar-refractivity contribution in [2.24, 2.45) is 0 Å². The number of nitrogens with zero attached hydrogens (tertiary/aromatic N) is 2. The molecule has 0 aliphatic carbocycles. The zero-order chi connectivity index (χ0) is 16.1. The van der Waals surface area contributed by atoms with Crippen molar-refractivity contribution in [3.05, 3.63) is 65.3 Å². The van der Waals surface area contributed by atoms with Crippen LogP contribution < -0.4 is 5.32 Å². The number of benzene rings is 1. The minimum atomic E-state index is 0.00619. The molecule has 1 amide bonds. The minimum absolute atomic E-state index is 0.00619. The average molecular weight is 323 g/mol. The molecule has 116 valence electrons. The largest absolute Gasteiger partial charge is 0.326 e. The van der Waals surface area contributed by atoms with Crippen LogP contribution in [0.2, 0.25) is 0 Å². The predicted molar refractivity (Wildman–Crippen MR) is 93.5 cm³/mol. The zero-order valence-electron chi connectivity index (χ0n) is 12.8. The van der Waals surface area contributed by atoms with Crippen LogP contribution in [0.25, 0.3) is 10.7 Å². The third-order valence-electron chi connectivity index (χ3n) is 3.46. The van der Waals surface area contributed by atoms with Crippen LogP contribution in [0.15, 0.2) is 54.0 Å². The second kappa shape index (κ2) is 7.15. The summed E-state index contributed by atoms with van der Waals surface area (Å²) in [5.41, 5.74) is 3.72. The van der Waals surface area contributed by atoms with Gasteiger partial charge in [0.2, 0.25) is 5.91 Å². The second-order valence-electron chi connectivity index (χ2n) is 5.22. The molecule has 0 fully saturated rings. The third-order valence-corrected chi connectivity index (χ3v) is 4.38. The topological polar surface area (TPSA) is 54.9 Å². The summed E-state index contributed by atoms with van der Waals surface area (Å²) < 4.78 is 0. The molecule has 5 heteroatoms. The molecule has 23 heavy (non-hydrogen) atoms. The smallest absolute Gasteiger partial charge is 0.224 e. The number of anilines is 1. The molecule has 2 aromatic heterocycles. The van der Waals surface area contributed by atoms with E-state index in [2.05, 4.69) is 15.3 Å². The Balaban J connectivity index is 1.58. The molecule has 0 aliphatic heterocycles. The molecule has 4 nitrogen and oxygen atoms in total. The quantitative estimate of drug-likeness (QED) is 0.769. The first kappa shape index (κ1) is 15.4. The van der Waals surface area contributed by atoms with Gasteiger partial charge < -0.3 is 5.32 Å². The summed E-state index contributed by atoms with van der Waals surface area (Å²) in [5, 5.41) is 5.82. The van der Waals surface area contributed by atoms with Crippen molar-refractivity contribution >= 4 is 22.9 Å². The molecule has 0 aliphatic rings. The Labute approximate surface area is 139 Å². The maximum atomic E-state index is 12.1. The highest BCUT2D eigenvalue weighted by Gasteiger charge is 2.09. The van der Waals surface area contributed by atoms with E-state index < -0.39 is 0 Å². The first-order valence-corrected chi connectivity index (χ1v) is 8.31. The lowest BCUT2D eigenvalue weighted by atomic mass is 10.2. The molecular formula is C18H17N3OS. The molecule has 0 spiro atoms. The molecule has 3 aromatic rings. The lowest BCUT2D eigenvalue weighted by molar-refractivity contribution is -0.116. The van der Waals surface area contributed by atoms with Gasteiger partial charge >= 0.3 is 0 Å². The Morgan fingerprint density at radius 3 is 2.78 bits per heavy atom. The number of hydrogen-bond acceptors (Lipinski definition) is 4. The fraction of sp³-hybridized carbons (Fsp3) is 0.167. The van der Waals surface area contributed by atoms with Gasteiger partial charge in [0.05, 0.1) is 11.4 Å². The van der Waals surface area contributed by atoms with Crippen LogP contribution in [0.5, 0.6) is 0 Å². The fourth-order valence-electron chi connectivity index (χ4n) is 2.20.